The average molecular weight is 383 g/mol. The molecule has 1 aromatic carbocycles. The molecule has 0 radical (unpaired) electrons. The van der Waals surface area contributed by atoms with Crippen LogP contribution in [0, 0.1) is 5.92 Å². The van der Waals surface area contributed by atoms with E-state index in [-0.39, 0.29) is 23.7 Å². The molecule has 1 amide bonds. The molecule has 0 bridgehead atoms. The second-order valence-corrected chi connectivity index (χ2v) is 8.49. The van der Waals surface area contributed by atoms with Crippen LogP contribution < -0.4 is 0 Å². The van der Waals surface area contributed by atoms with Gasteiger partial charge in [-0.2, -0.15) is 0 Å². The van der Waals surface area contributed by atoms with E-state index in [4.69, 9.17) is 4.74 Å². The Morgan fingerprint density at radius 2 is 1.96 bits per heavy atom. The number of imidazole rings is 1. The van der Waals surface area contributed by atoms with Crippen LogP contribution in [0.2, 0.25) is 0 Å². The molecular weight excluding hydrogens is 354 g/mol. The van der Waals surface area contributed by atoms with E-state index in [1.165, 1.54) is 0 Å². The smallest absolute Gasteiger partial charge is 0.253 e. The summed E-state index contributed by atoms with van der Waals surface area (Å²) < 4.78 is 8.34. The monoisotopic (exact) mass is 383 g/mol. The summed E-state index contributed by atoms with van der Waals surface area (Å²) in [6.07, 6.45) is 8.10. The van der Waals surface area contributed by atoms with Crippen LogP contribution in [0.5, 0.6) is 0 Å². The summed E-state index contributed by atoms with van der Waals surface area (Å²) in [6, 6.07) is 7.62. The third-order valence-corrected chi connectivity index (χ3v) is 6.14. The zero-order valence-corrected chi connectivity index (χ0v) is 16.6. The molecule has 2 saturated heterocycles. The fourth-order valence-corrected chi connectivity index (χ4v) is 4.42. The minimum atomic E-state index is -0.306. The van der Waals surface area contributed by atoms with E-state index in [1.807, 2.05) is 39.9 Å². The van der Waals surface area contributed by atoms with E-state index >= 15 is 0 Å². The van der Waals surface area contributed by atoms with Gasteiger partial charge in [-0.1, -0.05) is 13.8 Å². The minimum Gasteiger partial charge on any atom is -0.393 e. The summed E-state index contributed by atoms with van der Waals surface area (Å²) in [7, 11) is 0. The molecule has 2 aromatic rings. The molecule has 4 rings (SSSR count). The number of aliphatic hydroxyl groups excluding tert-OH is 1. The van der Waals surface area contributed by atoms with Crippen LogP contribution in [0.3, 0.4) is 0 Å². The van der Waals surface area contributed by atoms with Crippen molar-refractivity contribution in [1.29, 1.82) is 0 Å². The molecule has 2 aliphatic rings. The first-order valence-corrected chi connectivity index (χ1v) is 10.2. The van der Waals surface area contributed by atoms with E-state index in [9.17, 15) is 9.90 Å². The van der Waals surface area contributed by atoms with Gasteiger partial charge in [0.05, 0.1) is 24.1 Å². The van der Waals surface area contributed by atoms with Gasteiger partial charge in [-0.05, 0) is 49.4 Å². The Kier molecular flexibility index (Phi) is 5.25. The SMILES string of the molecule is CC(C)[C@H]1C[C@@H](O)CC2(CCN(C(=O)c3ccc(-n4ccnc4)cc3)CC2)O1. The van der Waals surface area contributed by atoms with Crippen molar-refractivity contribution in [3.05, 3.63) is 48.5 Å². The van der Waals surface area contributed by atoms with Gasteiger partial charge in [-0.15, -0.1) is 0 Å². The first kappa shape index (κ1) is 19.2. The number of ether oxygens (including phenoxy) is 1. The van der Waals surface area contributed by atoms with Gasteiger partial charge in [0.2, 0.25) is 0 Å². The number of aromatic nitrogens is 2. The zero-order valence-electron chi connectivity index (χ0n) is 16.6. The topological polar surface area (TPSA) is 67.6 Å². The quantitative estimate of drug-likeness (QED) is 0.885. The van der Waals surface area contributed by atoms with Crippen LogP contribution in [-0.4, -0.2) is 56.4 Å². The number of piperidine rings is 1. The molecule has 2 fully saturated rings. The first-order valence-electron chi connectivity index (χ1n) is 10.2. The van der Waals surface area contributed by atoms with E-state index in [0.29, 0.717) is 37.4 Å². The van der Waals surface area contributed by atoms with Crippen LogP contribution in [0.1, 0.15) is 49.9 Å². The summed E-state index contributed by atoms with van der Waals surface area (Å²) >= 11 is 0. The summed E-state index contributed by atoms with van der Waals surface area (Å²) in [6.45, 7) is 5.62. The molecule has 6 nitrogen and oxygen atoms in total. The van der Waals surface area contributed by atoms with E-state index in [2.05, 4.69) is 18.8 Å². The molecule has 3 heterocycles. The van der Waals surface area contributed by atoms with Crippen molar-refractivity contribution < 1.29 is 14.6 Å². The first-order chi connectivity index (χ1) is 13.5. The lowest BCUT2D eigenvalue weighted by molar-refractivity contribution is -0.190. The number of amides is 1. The lowest BCUT2D eigenvalue weighted by Gasteiger charge is -2.48. The van der Waals surface area contributed by atoms with Gasteiger partial charge in [0, 0.05) is 43.2 Å². The van der Waals surface area contributed by atoms with Crippen molar-refractivity contribution in [2.45, 2.75) is 57.3 Å². The third kappa shape index (κ3) is 3.84. The number of hydrogen-bond acceptors (Lipinski definition) is 4. The maximum atomic E-state index is 12.9. The Morgan fingerprint density at radius 3 is 2.57 bits per heavy atom. The lowest BCUT2D eigenvalue weighted by atomic mass is 9.80. The van der Waals surface area contributed by atoms with Crippen LogP contribution in [-0.2, 0) is 4.74 Å². The fourth-order valence-electron chi connectivity index (χ4n) is 4.42. The van der Waals surface area contributed by atoms with E-state index in [0.717, 1.165) is 18.5 Å². The summed E-state index contributed by atoms with van der Waals surface area (Å²) in [4.78, 5) is 18.9. The maximum absolute atomic E-state index is 12.9. The van der Waals surface area contributed by atoms with Crippen molar-refractivity contribution >= 4 is 5.91 Å². The number of carbonyl (C=O) groups is 1. The molecule has 150 valence electrons. The van der Waals surface area contributed by atoms with E-state index < -0.39 is 0 Å². The summed E-state index contributed by atoms with van der Waals surface area (Å²) in [5.41, 5.74) is 1.40. The van der Waals surface area contributed by atoms with Crippen LogP contribution in [0.25, 0.3) is 5.69 Å². The predicted molar refractivity (Wildman–Crippen MR) is 106 cm³/mol. The zero-order chi connectivity index (χ0) is 19.7. The van der Waals surface area contributed by atoms with Crippen LogP contribution >= 0.6 is 0 Å². The fraction of sp³-hybridized carbons (Fsp3) is 0.545. The Balaban J connectivity index is 1.40. The van der Waals surface area contributed by atoms with Crippen molar-refractivity contribution in [3.63, 3.8) is 0 Å². The highest BCUT2D eigenvalue weighted by molar-refractivity contribution is 5.94. The molecule has 0 saturated carbocycles. The predicted octanol–water partition coefficient (Wildman–Crippen LogP) is 3.04. The van der Waals surface area contributed by atoms with E-state index in [1.54, 1.807) is 12.5 Å². The Hall–Kier alpha value is -2.18. The van der Waals surface area contributed by atoms with Gasteiger partial charge in [-0.3, -0.25) is 4.79 Å². The van der Waals surface area contributed by atoms with Crippen molar-refractivity contribution in [1.82, 2.24) is 14.5 Å². The lowest BCUT2D eigenvalue weighted by Crippen LogP contribution is -2.54. The number of aliphatic hydroxyl groups is 1. The number of nitrogens with zero attached hydrogens (tertiary/aromatic N) is 3. The second-order valence-electron chi connectivity index (χ2n) is 8.49. The van der Waals surface area contributed by atoms with Crippen LogP contribution in [0.15, 0.2) is 43.0 Å². The normalized spacial score (nSPS) is 24.6. The number of carbonyl (C=O) groups excluding carboxylic acids is 1. The molecule has 28 heavy (non-hydrogen) atoms. The van der Waals surface area contributed by atoms with Gasteiger partial charge < -0.3 is 19.3 Å². The summed E-state index contributed by atoms with van der Waals surface area (Å²) in [5, 5.41) is 10.3. The van der Waals surface area contributed by atoms with Crippen LogP contribution in [0.4, 0.5) is 0 Å². The van der Waals surface area contributed by atoms with Crippen molar-refractivity contribution in [2.24, 2.45) is 5.92 Å². The van der Waals surface area contributed by atoms with Crippen molar-refractivity contribution in [2.75, 3.05) is 13.1 Å². The van der Waals surface area contributed by atoms with Gasteiger partial charge in [0.1, 0.15) is 0 Å². The molecule has 1 aromatic heterocycles. The highest BCUT2D eigenvalue weighted by Crippen LogP contribution is 2.39. The molecule has 1 spiro atoms. The second kappa shape index (κ2) is 7.68. The Bertz CT molecular complexity index is 793. The molecule has 2 atom stereocenters. The highest BCUT2D eigenvalue weighted by Gasteiger charge is 2.44. The molecule has 1 N–H and O–H groups in total. The number of hydrogen-bond donors (Lipinski definition) is 1. The highest BCUT2D eigenvalue weighted by atomic mass is 16.5. The Labute approximate surface area is 166 Å². The van der Waals surface area contributed by atoms with Gasteiger partial charge in [0.15, 0.2) is 0 Å². The number of benzene rings is 1. The van der Waals surface area contributed by atoms with Gasteiger partial charge in [-0.25, -0.2) is 4.98 Å². The molecule has 0 unspecified atom stereocenters. The van der Waals surface area contributed by atoms with Gasteiger partial charge >= 0.3 is 0 Å². The minimum absolute atomic E-state index is 0.0591. The maximum Gasteiger partial charge on any atom is 0.253 e. The van der Waals surface area contributed by atoms with Gasteiger partial charge in [0.25, 0.3) is 5.91 Å². The Morgan fingerprint density at radius 1 is 1.25 bits per heavy atom. The summed E-state index contributed by atoms with van der Waals surface area (Å²) in [5.74, 6) is 0.448. The molecule has 0 aliphatic carbocycles. The average Bonchev–Trinajstić information content (AvgIpc) is 3.22. The third-order valence-electron chi connectivity index (χ3n) is 6.14. The molecular formula is C22H29N3O3. The number of likely N-dealkylation sites (tertiary alicyclic amines) is 1. The standard InChI is InChI=1S/C22H29N3O3/c1-16(2)20-13-19(26)14-22(28-20)7-10-24(11-8-22)21(27)17-3-5-18(6-4-17)25-12-9-23-15-25/h3-6,9,12,15-16,19-20,26H,7-8,10-11,13-14H2,1-2H3/t19-,20-/m1/s1. The van der Waals surface area contributed by atoms with Crippen molar-refractivity contribution in [3.8, 4) is 5.69 Å². The largest absolute Gasteiger partial charge is 0.393 e. The molecule has 6 heteroatoms. The molecule has 2 aliphatic heterocycles. The number of rotatable bonds is 3.